The van der Waals surface area contributed by atoms with E-state index < -0.39 is 0 Å². The average Bonchev–Trinajstić information content (AvgIpc) is 2.83. The number of thiophene rings is 1. The molecule has 3 aromatic rings. The van der Waals surface area contributed by atoms with E-state index in [2.05, 4.69) is 35.0 Å². The quantitative estimate of drug-likeness (QED) is 0.710. The van der Waals surface area contributed by atoms with E-state index in [-0.39, 0.29) is 5.82 Å². The van der Waals surface area contributed by atoms with Crippen molar-refractivity contribution in [2.45, 2.75) is 13.5 Å². The summed E-state index contributed by atoms with van der Waals surface area (Å²) in [4.78, 5) is 0. The van der Waals surface area contributed by atoms with Crippen LogP contribution in [0.3, 0.4) is 0 Å². The number of benzene rings is 2. The standard InChI is InChI=1S/C16H14FNS/c1-11-8-13(6-7-15(11)17)18-9-12-10-19-16-5-3-2-4-14(12)16/h2-8,10,18H,9H2,1H3. The lowest BCUT2D eigenvalue weighted by Crippen LogP contribution is -1.99. The summed E-state index contributed by atoms with van der Waals surface area (Å²) in [5, 5.41) is 6.81. The topological polar surface area (TPSA) is 12.0 Å². The number of hydrogen-bond donors (Lipinski definition) is 1. The largest absolute Gasteiger partial charge is 0.381 e. The third-order valence-electron chi connectivity index (χ3n) is 3.20. The van der Waals surface area contributed by atoms with Crippen LogP contribution in [0.2, 0.25) is 0 Å². The van der Waals surface area contributed by atoms with E-state index >= 15 is 0 Å². The second-order valence-electron chi connectivity index (χ2n) is 4.57. The molecule has 1 aromatic heterocycles. The van der Waals surface area contributed by atoms with Crippen LogP contribution in [0.4, 0.5) is 10.1 Å². The van der Waals surface area contributed by atoms with Gasteiger partial charge in [0.25, 0.3) is 0 Å². The monoisotopic (exact) mass is 271 g/mol. The van der Waals surface area contributed by atoms with Gasteiger partial charge in [-0.2, -0.15) is 0 Å². The van der Waals surface area contributed by atoms with Crippen LogP contribution >= 0.6 is 11.3 Å². The third kappa shape index (κ3) is 2.47. The fourth-order valence-corrected chi connectivity index (χ4v) is 3.08. The van der Waals surface area contributed by atoms with Crippen LogP contribution in [0.5, 0.6) is 0 Å². The Hall–Kier alpha value is -1.87. The van der Waals surface area contributed by atoms with Gasteiger partial charge in [0.2, 0.25) is 0 Å². The van der Waals surface area contributed by atoms with E-state index in [0.717, 1.165) is 12.2 Å². The van der Waals surface area contributed by atoms with Crippen molar-refractivity contribution in [3.8, 4) is 0 Å². The number of rotatable bonds is 3. The lowest BCUT2D eigenvalue weighted by molar-refractivity contribution is 0.618. The van der Waals surface area contributed by atoms with E-state index in [9.17, 15) is 4.39 Å². The summed E-state index contributed by atoms with van der Waals surface area (Å²) in [6.07, 6.45) is 0. The van der Waals surface area contributed by atoms with Crippen LogP contribution in [-0.4, -0.2) is 0 Å². The Morgan fingerprint density at radius 2 is 2.00 bits per heavy atom. The molecule has 0 aliphatic rings. The van der Waals surface area contributed by atoms with Crippen LogP contribution in [-0.2, 0) is 6.54 Å². The number of nitrogens with one attached hydrogen (secondary N) is 1. The van der Waals surface area contributed by atoms with E-state index in [0.29, 0.717) is 5.56 Å². The molecule has 0 unspecified atom stereocenters. The predicted molar refractivity (Wildman–Crippen MR) is 80.3 cm³/mol. The molecule has 0 radical (unpaired) electrons. The number of fused-ring (bicyclic) bond motifs is 1. The van der Waals surface area contributed by atoms with Crippen LogP contribution in [0.25, 0.3) is 10.1 Å². The SMILES string of the molecule is Cc1cc(NCc2csc3ccccc23)ccc1F. The highest BCUT2D eigenvalue weighted by Crippen LogP contribution is 2.26. The Kier molecular flexibility index (Phi) is 3.22. The van der Waals surface area contributed by atoms with Crippen LogP contribution in [0.1, 0.15) is 11.1 Å². The molecule has 96 valence electrons. The second-order valence-corrected chi connectivity index (χ2v) is 5.49. The van der Waals surface area contributed by atoms with Crippen molar-refractivity contribution >= 4 is 27.1 Å². The van der Waals surface area contributed by atoms with Crippen molar-refractivity contribution in [1.82, 2.24) is 0 Å². The van der Waals surface area contributed by atoms with Gasteiger partial charge in [-0.05, 0) is 53.1 Å². The van der Waals surface area contributed by atoms with Crippen molar-refractivity contribution in [1.29, 1.82) is 0 Å². The minimum absolute atomic E-state index is 0.161. The molecule has 0 atom stereocenters. The van der Waals surface area contributed by atoms with Gasteiger partial charge in [0.15, 0.2) is 0 Å². The molecule has 0 bridgehead atoms. The second kappa shape index (κ2) is 5.02. The summed E-state index contributed by atoms with van der Waals surface area (Å²) in [6.45, 7) is 2.54. The van der Waals surface area contributed by atoms with E-state index in [1.165, 1.54) is 21.7 Å². The zero-order valence-electron chi connectivity index (χ0n) is 10.6. The zero-order chi connectivity index (χ0) is 13.2. The first-order chi connectivity index (χ1) is 9.24. The van der Waals surface area contributed by atoms with Crippen LogP contribution in [0, 0.1) is 12.7 Å². The highest BCUT2D eigenvalue weighted by atomic mass is 32.1. The molecular formula is C16H14FNS. The number of halogens is 1. The molecule has 0 fully saturated rings. The number of anilines is 1. The molecule has 0 aliphatic heterocycles. The van der Waals surface area contributed by atoms with E-state index in [1.807, 2.05) is 6.07 Å². The number of hydrogen-bond acceptors (Lipinski definition) is 2. The van der Waals surface area contributed by atoms with Gasteiger partial charge < -0.3 is 5.32 Å². The van der Waals surface area contributed by atoms with Gasteiger partial charge in [-0.15, -0.1) is 11.3 Å². The molecule has 1 nitrogen and oxygen atoms in total. The fourth-order valence-electron chi connectivity index (χ4n) is 2.12. The summed E-state index contributed by atoms with van der Waals surface area (Å²) >= 11 is 1.75. The van der Waals surface area contributed by atoms with Gasteiger partial charge in [-0.3, -0.25) is 0 Å². The molecule has 1 heterocycles. The molecule has 0 saturated carbocycles. The first-order valence-electron chi connectivity index (χ1n) is 6.19. The maximum atomic E-state index is 13.2. The normalized spacial score (nSPS) is 10.8. The van der Waals surface area contributed by atoms with Crippen molar-refractivity contribution in [3.05, 3.63) is 64.8 Å². The molecule has 3 heteroatoms. The molecule has 0 spiro atoms. The summed E-state index contributed by atoms with van der Waals surface area (Å²) in [6, 6.07) is 13.5. The summed E-state index contributed by atoms with van der Waals surface area (Å²) in [7, 11) is 0. The zero-order valence-corrected chi connectivity index (χ0v) is 11.4. The maximum Gasteiger partial charge on any atom is 0.126 e. The summed E-state index contributed by atoms with van der Waals surface area (Å²) in [5.41, 5.74) is 2.90. The predicted octanol–water partition coefficient (Wildman–Crippen LogP) is 4.96. The summed E-state index contributed by atoms with van der Waals surface area (Å²) in [5.74, 6) is -0.161. The molecule has 19 heavy (non-hydrogen) atoms. The molecule has 2 aromatic carbocycles. The average molecular weight is 271 g/mol. The molecular weight excluding hydrogens is 257 g/mol. The van der Waals surface area contributed by atoms with E-state index in [4.69, 9.17) is 0 Å². The Bertz CT molecular complexity index is 718. The Labute approximate surface area is 115 Å². The highest BCUT2D eigenvalue weighted by Gasteiger charge is 2.04. The Balaban J connectivity index is 1.80. The van der Waals surface area contributed by atoms with Crippen molar-refractivity contribution in [3.63, 3.8) is 0 Å². The van der Waals surface area contributed by atoms with Gasteiger partial charge in [0, 0.05) is 16.9 Å². The maximum absolute atomic E-state index is 13.2. The smallest absolute Gasteiger partial charge is 0.126 e. The van der Waals surface area contributed by atoms with Crippen LogP contribution in [0.15, 0.2) is 47.8 Å². The molecule has 0 aliphatic carbocycles. The van der Waals surface area contributed by atoms with Crippen molar-refractivity contribution < 1.29 is 4.39 Å². The van der Waals surface area contributed by atoms with Crippen molar-refractivity contribution in [2.75, 3.05) is 5.32 Å². The summed E-state index contributed by atoms with van der Waals surface area (Å²) < 4.78 is 14.5. The van der Waals surface area contributed by atoms with Gasteiger partial charge in [0.05, 0.1) is 0 Å². The third-order valence-corrected chi connectivity index (χ3v) is 4.21. The Morgan fingerprint density at radius 3 is 2.84 bits per heavy atom. The van der Waals surface area contributed by atoms with Gasteiger partial charge in [-0.1, -0.05) is 18.2 Å². The first kappa shape index (κ1) is 12.2. The lowest BCUT2D eigenvalue weighted by Gasteiger charge is -2.07. The first-order valence-corrected chi connectivity index (χ1v) is 7.07. The van der Waals surface area contributed by atoms with Gasteiger partial charge in [0.1, 0.15) is 5.82 Å². The molecule has 0 amide bonds. The fraction of sp³-hybridized carbons (Fsp3) is 0.125. The Morgan fingerprint density at radius 1 is 1.16 bits per heavy atom. The van der Waals surface area contributed by atoms with Gasteiger partial charge >= 0.3 is 0 Å². The van der Waals surface area contributed by atoms with Crippen molar-refractivity contribution in [2.24, 2.45) is 0 Å². The minimum Gasteiger partial charge on any atom is -0.381 e. The van der Waals surface area contributed by atoms with E-state index in [1.54, 1.807) is 24.3 Å². The van der Waals surface area contributed by atoms with Crippen LogP contribution < -0.4 is 5.32 Å². The molecule has 3 rings (SSSR count). The molecule has 1 N–H and O–H groups in total. The molecule has 0 saturated heterocycles. The number of aryl methyl sites for hydroxylation is 1. The highest BCUT2D eigenvalue weighted by molar-refractivity contribution is 7.17. The minimum atomic E-state index is -0.161. The lowest BCUT2D eigenvalue weighted by atomic mass is 10.1. The van der Waals surface area contributed by atoms with Gasteiger partial charge in [-0.25, -0.2) is 4.39 Å².